The average molecular weight is 432 g/mol. The number of benzene rings is 2. The molecule has 2 aromatic rings. The predicted octanol–water partition coefficient (Wildman–Crippen LogP) is 2.04. The van der Waals surface area contributed by atoms with Crippen LogP contribution in [0.4, 0.5) is 0 Å². The smallest absolute Gasteiger partial charge is 0.264 e. The Morgan fingerprint density at radius 2 is 1.67 bits per heavy atom. The van der Waals surface area contributed by atoms with E-state index in [0.717, 1.165) is 28.5 Å². The second-order valence-corrected chi connectivity index (χ2v) is 10.00. The molecule has 3 N–H and O–H groups in total. The number of nitrogens with zero attached hydrogens (tertiary/aromatic N) is 1. The number of hydroxylamine groups is 1. The minimum atomic E-state index is -3.81. The van der Waals surface area contributed by atoms with Gasteiger partial charge in [-0.25, -0.2) is 13.9 Å². The number of carbonyl (C=O) groups is 1. The number of sulfone groups is 1. The number of hydrogen-bond acceptors (Lipinski definition) is 7. The van der Waals surface area contributed by atoms with Crippen molar-refractivity contribution in [3.63, 3.8) is 0 Å². The third-order valence-corrected chi connectivity index (χ3v) is 7.43. The van der Waals surface area contributed by atoms with Gasteiger partial charge < -0.3 is 9.94 Å². The lowest BCUT2D eigenvalue weighted by Crippen LogP contribution is -2.51. The first-order valence-corrected chi connectivity index (χ1v) is 11.2. The van der Waals surface area contributed by atoms with E-state index in [2.05, 4.69) is 5.16 Å². The fourth-order valence-corrected chi connectivity index (χ4v) is 4.20. The molecule has 9 heteroatoms. The second-order valence-electron chi connectivity index (χ2n) is 7.55. The SMILES string of the molecule is C[C@@](CC1CC(c2ccc(-c3ccc(CO)cc3)cc2)=NO1)(C(=O)NO)S(C)(=O)=O. The zero-order valence-corrected chi connectivity index (χ0v) is 17.5. The summed E-state index contributed by atoms with van der Waals surface area (Å²) in [5, 5.41) is 22.1. The van der Waals surface area contributed by atoms with Crippen LogP contribution in [0.2, 0.25) is 0 Å². The highest BCUT2D eigenvalue weighted by Gasteiger charge is 2.47. The molecule has 0 saturated heterocycles. The number of carbonyl (C=O) groups excluding carboxylic acids is 1. The molecule has 0 fully saturated rings. The Kier molecular flexibility index (Phi) is 6.25. The van der Waals surface area contributed by atoms with Crippen LogP contribution in [0.1, 0.15) is 30.9 Å². The van der Waals surface area contributed by atoms with Gasteiger partial charge in [0.1, 0.15) is 6.10 Å². The molecule has 0 saturated carbocycles. The Morgan fingerprint density at radius 1 is 1.13 bits per heavy atom. The van der Waals surface area contributed by atoms with Crippen LogP contribution in [0.15, 0.2) is 53.7 Å². The van der Waals surface area contributed by atoms with Crippen molar-refractivity contribution in [1.29, 1.82) is 0 Å². The van der Waals surface area contributed by atoms with E-state index in [4.69, 9.17) is 15.2 Å². The van der Waals surface area contributed by atoms with Crippen molar-refractivity contribution in [1.82, 2.24) is 5.48 Å². The third-order valence-electron chi connectivity index (χ3n) is 5.44. The molecule has 0 aromatic heterocycles. The van der Waals surface area contributed by atoms with E-state index in [-0.39, 0.29) is 13.0 Å². The van der Waals surface area contributed by atoms with Gasteiger partial charge in [-0.1, -0.05) is 53.7 Å². The van der Waals surface area contributed by atoms with Gasteiger partial charge in [-0.2, -0.15) is 0 Å². The van der Waals surface area contributed by atoms with Gasteiger partial charge in [0.15, 0.2) is 14.6 Å². The molecule has 0 aliphatic carbocycles. The Labute approximate surface area is 175 Å². The van der Waals surface area contributed by atoms with Crippen LogP contribution in [-0.2, 0) is 26.1 Å². The van der Waals surface area contributed by atoms with Gasteiger partial charge in [0.25, 0.3) is 5.91 Å². The molecule has 2 atom stereocenters. The topological polar surface area (TPSA) is 125 Å². The molecule has 1 aliphatic rings. The van der Waals surface area contributed by atoms with Gasteiger partial charge in [-0.05, 0) is 29.2 Å². The van der Waals surface area contributed by atoms with Crippen LogP contribution in [0.3, 0.4) is 0 Å². The van der Waals surface area contributed by atoms with Crippen LogP contribution in [0.25, 0.3) is 11.1 Å². The van der Waals surface area contributed by atoms with Crippen LogP contribution < -0.4 is 5.48 Å². The number of amides is 1. The highest BCUT2D eigenvalue weighted by molar-refractivity contribution is 7.92. The van der Waals surface area contributed by atoms with Crippen molar-refractivity contribution in [3.8, 4) is 11.1 Å². The maximum absolute atomic E-state index is 12.1. The van der Waals surface area contributed by atoms with E-state index in [9.17, 15) is 13.2 Å². The minimum absolute atomic E-state index is 0.00144. The highest BCUT2D eigenvalue weighted by Crippen LogP contribution is 2.30. The van der Waals surface area contributed by atoms with E-state index in [1.807, 2.05) is 48.5 Å². The number of oxime groups is 1. The Hall–Kier alpha value is -2.75. The highest BCUT2D eigenvalue weighted by atomic mass is 32.2. The van der Waals surface area contributed by atoms with E-state index in [1.165, 1.54) is 12.4 Å². The summed E-state index contributed by atoms with van der Waals surface area (Å²) in [5.41, 5.74) is 5.78. The lowest BCUT2D eigenvalue weighted by atomic mass is 9.95. The molecule has 1 aliphatic heterocycles. The molecule has 160 valence electrons. The van der Waals surface area contributed by atoms with Crippen molar-refractivity contribution in [2.45, 2.75) is 37.2 Å². The summed E-state index contributed by atoms with van der Waals surface area (Å²) in [6, 6.07) is 15.3. The summed E-state index contributed by atoms with van der Waals surface area (Å²) >= 11 is 0. The summed E-state index contributed by atoms with van der Waals surface area (Å²) in [6.07, 6.45) is 0.544. The maximum Gasteiger partial charge on any atom is 0.264 e. The van der Waals surface area contributed by atoms with Gasteiger partial charge in [0, 0.05) is 19.1 Å². The molecule has 1 amide bonds. The monoisotopic (exact) mass is 432 g/mol. The molecule has 30 heavy (non-hydrogen) atoms. The van der Waals surface area contributed by atoms with Gasteiger partial charge in [-0.3, -0.25) is 10.0 Å². The predicted molar refractivity (Wildman–Crippen MR) is 112 cm³/mol. The molecule has 0 bridgehead atoms. The lowest BCUT2D eigenvalue weighted by molar-refractivity contribution is -0.132. The van der Waals surface area contributed by atoms with E-state index >= 15 is 0 Å². The number of nitrogens with one attached hydrogen (secondary N) is 1. The van der Waals surface area contributed by atoms with Crippen molar-refractivity contribution in [3.05, 3.63) is 59.7 Å². The van der Waals surface area contributed by atoms with E-state index in [0.29, 0.717) is 12.1 Å². The normalized spacial score (nSPS) is 18.3. The molecular weight excluding hydrogens is 408 g/mol. The zero-order chi connectivity index (χ0) is 21.9. The molecule has 1 unspecified atom stereocenters. The van der Waals surface area contributed by atoms with Crippen LogP contribution in [0.5, 0.6) is 0 Å². The Bertz CT molecular complexity index is 1050. The first kappa shape index (κ1) is 21.9. The number of hydrogen-bond donors (Lipinski definition) is 3. The van der Waals surface area contributed by atoms with Crippen LogP contribution in [-0.4, -0.2) is 47.5 Å². The van der Waals surface area contributed by atoms with Crippen molar-refractivity contribution >= 4 is 21.5 Å². The van der Waals surface area contributed by atoms with Crippen molar-refractivity contribution < 1.29 is 28.4 Å². The first-order valence-electron chi connectivity index (χ1n) is 9.35. The van der Waals surface area contributed by atoms with Crippen molar-refractivity contribution in [2.75, 3.05) is 6.26 Å². The van der Waals surface area contributed by atoms with Gasteiger partial charge in [-0.15, -0.1) is 0 Å². The first-order chi connectivity index (χ1) is 14.2. The summed E-state index contributed by atoms with van der Waals surface area (Å²) in [5.74, 6) is -1.00. The van der Waals surface area contributed by atoms with Crippen LogP contribution in [0, 0.1) is 0 Å². The van der Waals surface area contributed by atoms with Crippen molar-refractivity contribution in [2.24, 2.45) is 5.16 Å². The minimum Gasteiger partial charge on any atom is -0.392 e. The summed E-state index contributed by atoms with van der Waals surface area (Å²) in [4.78, 5) is 17.4. The summed E-state index contributed by atoms with van der Waals surface area (Å²) < 4.78 is 22.4. The summed E-state index contributed by atoms with van der Waals surface area (Å²) in [7, 11) is -3.81. The zero-order valence-electron chi connectivity index (χ0n) is 16.7. The Balaban J connectivity index is 1.71. The lowest BCUT2D eigenvalue weighted by Gasteiger charge is -2.26. The molecule has 0 spiro atoms. The second kappa shape index (κ2) is 8.55. The molecular formula is C21H24N2O6S. The molecule has 0 radical (unpaired) electrons. The van der Waals surface area contributed by atoms with Gasteiger partial charge in [0.2, 0.25) is 0 Å². The van der Waals surface area contributed by atoms with Crippen LogP contribution >= 0.6 is 0 Å². The standard InChI is InChI=1S/C21H24N2O6S/c1-21(20(25)22-26,30(2,27)28)12-18-11-19(23-29-18)17-9-7-16(8-10-17)15-5-3-14(13-24)4-6-15/h3-10,18,24,26H,11-13H2,1-2H3,(H,22,25)/t18?,21-/m1/s1. The molecule has 3 rings (SSSR count). The van der Waals surface area contributed by atoms with Gasteiger partial charge >= 0.3 is 0 Å². The van der Waals surface area contributed by atoms with Gasteiger partial charge in [0.05, 0.1) is 12.3 Å². The largest absolute Gasteiger partial charge is 0.392 e. The Morgan fingerprint density at radius 3 is 2.17 bits per heavy atom. The average Bonchev–Trinajstić information content (AvgIpc) is 3.20. The number of aliphatic hydroxyl groups is 1. The summed E-state index contributed by atoms with van der Waals surface area (Å²) in [6.45, 7) is 1.25. The fourth-order valence-electron chi connectivity index (χ4n) is 3.33. The quantitative estimate of drug-likeness (QED) is 0.454. The molecule has 1 heterocycles. The fraction of sp³-hybridized carbons (Fsp3) is 0.333. The van der Waals surface area contributed by atoms with E-state index < -0.39 is 26.6 Å². The molecule has 8 nitrogen and oxygen atoms in total. The third kappa shape index (κ3) is 4.38. The number of rotatable bonds is 7. The number of aliphatic hydroxyl groups excluding tert-OH is 1. The van der Waals surface area contributed by atoms with E-state index in [1.54, 1.807) is 0 Å². The maximum atomic E-state index is 12.1. The molecule has 2 aromatic carbocycles.